The fourth-order valence-electron chi connectivity index (χ4n) is 5.21. The van der Waals surface area contributed by atoms with Gasteiger partial charge in [0.1, 0.15) is 6.54 Å². The number of piperidine rings is 1. The lowest BCUT2D eigenvalue weighted by Crippen LogP contribution is -2.57. The molecule has 0 amide bonds. The van der Waals surface area contributed by atoms with E-state index in [-0.39, 0.29) is 23.6 Å². The van der Waals surface area contributed by atoms with E-state index in [0.29, 0.717) is 29.0 Å². The van der Waals surface area contributed by atoms with Crippen LogP contribution in [0.15, 0.2) is 18.2 Å². The van der Waals surface area contributed by atoms with Crippen LogP contribution < -0.4 is 25.6 Å². The molecule has 0 radical (unpaired) electrons. The number of nitrogen functional groups attached to an aromatic ring is 1. The molecular weight excluding hydrogens is 421 g/mol. The number of nitrogens with two attached hydrogens (primary N) is 1. The van der Waals surface area contributed by atoms with Crippen LogP contribution in [0.2, 0.25) is 0 Å². The smallest absolute Gasteiger partial charge is 0.335 e. The summed E-state index contributed by atoms with van der Waals surface area (Å²) in [5.41, 5.74) is 7.04. The van der Waals surface area contributed by atoms with E-state index in [2.05, 4.69) is 27.6 Å². The van der Waals surface area contributed by atoms with Gasteiger partial charge in [-0.1, -0.05) is 25.7 Å². The Morgan fingerprint density at radius 3 is 2.48 bits per heavy atom. The number of hydrogen-bond donors (Lipinski definition) is 3. The van der Waals surface area contributed by atoms with Crippen LogP contribution >= 0.6 is 0 Å². The van der Waals surface area contributed by atoms with E-state index < -0.39 is 0 Å². The van der Waals surface area contributed by atoms with Crippen LogP contribution in [0.5, 0.6) is 5.75 Å². The van der Waals surface area contributed by atoms with Crippen LogP contribution in [-0.2, 0) is 6.54 Å². The van der Waals surface area contributed by atoms with Gasteiger partial charge in [0.15, 0.2) is 11.6 Å². The molecule has 2 fully saturated rings. The highest BCUT2D eigenvalue weighted by molar-refractivity contribution is 5.42. The number of quaternary nitrogens is 1. The number of rotatable bonds is 7. The fraction of sp³-hybridized carbons (Fsp3) is 0.625. The first-order valence-corrected chi connectivity index (χ1v) is 12.1. The summed E-state index contributed by atoms with van der Waals surface area (Å²) in [6.07, 6.45) is 9.20. The zero-order valence-electron chi connectivity index (χ0n) is 19.8. The molecule has 0 spiro atoms. The molecule has 4 N–H and O–H groups in total. The van der Waals surface area contributed by atoms with Crippen LogP contribution in [0.3, 0.4) is 0 Å². The molecule has 1 aliphatic heterocycles. The molecule has 33 heavy (non-hydrogen) atoms. The molecule has 1 unspecified atom stereocenters. The Bertz CT molecular complexity index is 929. The molecule has 2 heterocycles. The van der Waals surface area contributed by atoms with Crippen molar-refractivity contribution >= 4 is 17.8 Å². The van der Waals surface area contributed by atoms with Gasteiger partial charge in [0.25, 0.3) is 0 Å². The molecule has 2 aromatic rings. The molecule has 0 bridgehead atoms. The summed E-state index contributed by atoms with van der Waals surface area (Å²) in [7, 11) is 3.60. The van der Waals surface area contributed by atoms with Gasteiger partial charge in [-0.25, -0.2) is 4.39 Å². The number of methoxy groups -OCH3 is 1. The molecule has 8 nitrogen and oxygen atoms in total. The fourth-order valence-corrected chi connectivity index (χ4v) is 5.21. The quantitative estimate of drug-likeness (QED) is 0.431. The van der Waals surface area contributed by atoms with E-state index >= 15 is 0 Å². The highest BCUT2D eigenvalue weighted by Crippen LogP contribution is 2.31. The second kappa shape index (κ2) is 10.6. The molecule has 1 saturated heterocycles. The molecule has 1 atom stereocenters. The van der Waals surface area contributed by atoms with E-state index in [1.165, 1.54) is 32.8 Å². The van der Waals surface area contributed by atoms with Crippen LogP contribution in [0.4, 0.5) is 22.2 Å². The van der Waals surface area contributed by atoms with Crippen molar-refractivity contribution in [2.24, 2.45) is 0 Å². The third-order valence-electron chi connectivity index (χ3n) is 7.13. The van der Waals surface area contributed by atoms with E-state index in [4.69, 9.17) is 15.5 Å². The summed E-state index contributed by atoms with van der Waals surface area (Å²) in [5, 5.41) is 6.96. The average Bonchev–Trinajstić information content (AvgIpc) is 3.08. The number of halogens is 1. The Balaban J connectivity index is 1.66. The lowest BCUT2D eigenvalue weighted by atomic mass is 10.0. The Kier molecular flexibility index (Phi) is 7.60. The van der Waals surface area contributed by atoms with Crippen LogP contribution in [-0.4, -0.2) is 54.3 Å². The highest BCUT2D eigenvalue weighted by atomic mass is 19.1. The minimum atomic E-state index is -0.363. The molecule has 1 aliphatic carbocycles. The topological polar surface area (TPSA) is 98.0 Å². The molecule has 2 aliphatic rings. The zero-order chi connectivity index (χ0) is 23.3. The average molecular weight is 459 g/mol. The standard InChI is InChI=1S/C24H37FN7O/c1-32(19-11-13-27-14-12-19,16-17-9-10-21(33-2)20(25)15-17)24-30-22(26)29-23(31-24)28-18-7-5-3-4-6-8-18/h9-10,15,18-19,27H,3-8,11-14,16H2,1-2H3,(H3,26,28,29,30,31)/q+1. The normalized spacial score (nSPS) is 20.1. The maximum Gasteiger partial charge on any atom is 0.335 e. The van der Waals surface area contributed by atoms with Crippen LogP contribution in [0.25, 0.3) is 0 Å². The number of anilines is 2. The lowest BCUT2D eigenvalue weighted by molar-refractivity contribution is 0.182. The van der Waals surface area contributed by atoms with E-state index in [0.717, 1.165) is 44.3 Å². The van der Waals surface area contributed by atoms with Gasteiger partial charge in [0.05, 0.1) is 20.2 Å². The Hall–Kier alpha value is -2.52. The second-order valence-electron chi connectivity index (χ2n) is 9.53. The Morgan fingerprint density at radius 1 is 1.09 bits per heavy atom. The Labute approximate surface area is 195 Å². The number of aromatic nitrogens is 3. The van der Waals surface area contributed by atoms with Gasteiger partial charge in [-0.3, -0.25) is 4.48 Å². The van der Waals surface area contributed by atoms with E-state index in [1.54, 1.807) is 12.1 Å². The summed E-state index contributed by atoms with van der Waals surface area (Å²) in [5.74, 6) is 1.27. The molecular formula is C24H37FN7O+. The SMILES string of the molecule is COc1ccc(C[N+](C)(c2nc(N)nc(NC3CCCCCC3)n2)C2CCNCC2)cc1F. The summed E-state index contributed by atoms with van der Waals surface area (Å²) in [6, 6.07) is 5.78. The van der Waals surface area contributed by atoms with Gasteiger partial charge < -0.3 is 21.1 Å². The first-order chi connectivity index (χ1) is 16.0. The van der Waals surface area contributed by atoms with E-state index in [9.17, 15) is 4.39 Å². The number of nitrogens with zero attached hydrogens (tertiary/aromatic N) is 4. The monoisotopic (exact) mass is 458 g/mol. The molecule has 1 aromatic carbocycles. The van der Waals surface area contributed by atoms with Crippen molar-refractivity contribution in [3.05, 3.63) is 29.6 Å². The number of benzene rings is 1. The molecule has 9 heteroatoms. The number of ether oxygens (including phenoxy) is 1. The minimum absolute atomic E-state index is 0.218. The van der Waals surface area contributed by atoms with Gasteiger partial charge in [-0.05, 0) is 31.0 Å². The van der Waals surface area contributed by atoms with Gasteiger partial charge in [0.2, 0.25) is 11.9 Å². The summed E-state index contributed by atoms with van der Waals surface area (Å²) in [6.45, 7) is 2.42. The van der Waals surface area contributed by atoms with Crippen LogP contribution in [0.1, 0.15) is 56.9 Å². The van der Waals surface area contributed by atoms with Crippen molar-refractivity contribution in [3.63, 3.8) is 0 Å². The maximum absolute atomic E-state index is 14.5. The second-order valence-corrected chi connectivity index (χ2v) is 9.53. The van der Waals surface area contributed by atoms with Crippen molar-refractivity contribution < 1.29 is 9.13 Å². The first-order valence-electron chi connectivity index (χ1n) is 12.1. The predicted octanol–water partition coefficient (Wildman–Crippen LogP) is 3.63. The van der Waals surface area contributed by atoms with Crippen molar-refractivity contribution in [2.75, 3.05) is 38.3 Å². The third-order valence-corrected chi connectivity index (χ3v) is 7.13. The van der Waals surface area contributed by atoms with E-state index in [1.807, 2.05) is 6.07 Å². The molecule has 1 saturated carbocycles. The zero-order valence-corrected chi connectivity index (χ0v) is 19.8. The first kappa shape index (κ1) is 23.6. The minimum Gasteiger partial charge on any atom is -0.494 e. The number of hydrogen-bond acceptors (Lipinski definition) is 7. The van der Waals surface area contributed by atoms with Gasteiger partial charge >= 0.3 is 5.95 Å². The molecule has 4 rings (SSSR count). The summed E-state index contributed by atoms with van der Waals surface area (Å²) >= 11 is 0. The van der Waals surface area contributed by atoms with Gasteiger partial charge in [-0.15, -0.1) is 9.97 Å². The van der Waals surface area contributed by atoms with Gasteiger partial charge in [0, 0.05) is 37.5 Å². The largest absolute Gasteiger partial charge is 0.494 e. The Morgan fingerprint density at radius 2 is 1.82 bits per heavy atom. The lowest BCUT2D eigenvalue weighted by Gasteiger charge is -2.41. The van der Waals surface area contributed by atoms with Crippen molar-refractivity contribution in [3.8, 4) is 5.75 Å². The molecule has 1 aromatic heterocycles. The number of nitrogens with one attached hydrogen (secondary N) is 2. The van der Waals surface area contributed by atoms with Crippen molar-refractivity contribution in [1.82, 2.24) is 24.8 Å². The summed E-state index contributed by atoms with van der Waals surface area (Å²) < 4.78 is 20.0. The van der Waals surface area contributed by atoms with Crippen molar-refractivity contribution in [1.29, 1.82) is 0 Å². The van der Waals surface area contributed by atoms with Crippen molar-refractivity contribution in [2.45, 2.75) is 70.0 Å². The van der Waals surface area contributed by atoms with Gasteiger partial charge in [-0.2, -0.15) is 4.98 Å². The highest BCUT2D eigenvalue weighted by Gasteiger charge is 2.40. The predicted molar refractivity (Wildman–Crippen MR) is 130 cm³/mol. The maximum atomic E-state index is 14.5. The van der Waals surface area contributed by atoms with Crippen LogP contribution in [0, 0.1) is 5.82 Å². The summed E-state index contributed by atoms with van der Waals surface area (Å²) in [4.78, 5) is 13.9. The third kappa shape index (κ3) is 5.70. The molecule has 180 valence electrons.